The first-order valence-corrected chi connectivity index (χ1v) is 10.2. The van der Waals surface area contributed by atoms with Gasteiger partial charge < -0.3 is 14.8 Å². The lowest BCUT2D eigenvalue weighted by Gasteiger charge is -2.22. The number of carbonyl (C=O) groups is 3. The number of non-ortho nitro benzene ring substituents is 1. The van der Waals surface area contributed by atoms with E-state index in [4.69, 9.17) is 32.7 Å². The van der Waals surface area contributed by atoms with Crippen LogP contribution in [0.3, 0.4) is 0 Å². The largest absolute Gasteiger partial charge is 0.459 e. The molecule has 1 N–H and O–H groups in total. The number of nitrogens with zero attached hydrogens (tertiary/aromatic N) is 2. The summed E-state index contributed by atoms with van der Waals surface area (Å²) in [5.74, 6) is -1.49. The molecule has 0 radical (unpaired) electrons. The summed E-state index contributed by atoms with van der Waals surface area (Å²) in [7, 11) is 1.33. The number of hydrogen-bond donors (Lipinski definition) is 1. The molecule has 0 saturated heterocycles. The van der Waals surface area contributed by atoms with Crippen molar-refractivity contribution in [3.63, 3.8) is 0 Å². The number of carbonyl (C=O) groups excluding carboxylic acids is 3. The van der Waals surface area contributed by atoms with Gasteiger partial charge in [0, 0.05) is 24.2 Å². The second kappa shape index (κ2) is 10.5. The number of nitro benzene ring substituents is 1. The fourth-order valence-electron chi connectivity index (χ4n) is 2.48. The van der Waals surface area contributed by atoms with E-state index in [2.05, 4.69) is 5.32 Å². The van der Waals surface area contributed by atoms with E-state index in [0.717, 1.165) is 11.0 Å². The number of nitrogens with one attached hydrogen (secondary N) is 1. The van der Waals surface area contributed by atoms with Crippen molar-refractivity contribution in [2.75, 3.05) is 18.9 Å². The second-order valence-electron chi connectivity index (χ2n) is 7.83. The predicted octanol–water partition coefficient (Wildman–Crippen LogP) is 4.93. The van der Waals surface area contributed by atoms with Crippen LogP contribution in [0.15, 0.2) is 36.4 Å². The van der Waals surface area contributed by atoms with Crippen molar-refractivity contribution in [3.05, 3.63) is 62.1 Å². The van der Waals surface area contributed by atoms with Gasteiger partial charge in [0.25, 0.3) is 11.6 Å². The van der Waals surface area contributed by atoms with Gasteiger partial charge in [-0.2, -0.15) is 0 Å². The molecule has 0 unspecified atom stereocenters. The number of esters is 1. The zero-order valence-corrected chi connectivity index (χ0v) is 19.7. The molecule has 33 heavy (non-hydrogen) atoms. The summed E-state index contributed by atoms with van der Waals surface area (Å²) in [6, 6.07) is 7.52. The minimum absolute atomic E-state index is 0.0600. The number of halogens is 2. The van der Waals surface area contributed by atoms with Gasteiger partial charge in [-0.05, 0) is 45.0 Å². The lowest BCUT2D eigenvalue weighted by atomic mass is 10.1. The molecule has 0 bridgehead atoms. The third kappa shape index (κ3) is 7.62. The van der Waals surface area contributed by atoms with E-state index in [1.165, 1.54) is 37.4 Å². The van der Waals surface area contributed by atoms with Gasteiger partial charge in [-0.3, -0.25) is 24.6 Å². The molecule has 2 amide bonds. The van der Waals surface area contributed by atoms with Crippen LogP contribution >= 0.6 is 23.2 Å². The van der Waals surface area contributed by atoms with Crippen molar-refractivity contribution in [1.29, 1.82) is 0 Å². The molecule has 0 atom stereocenters. The van der Waals surface area contributed by atoms with Gasteiger partial charge in [0.1, 0.15) is 17.9 Å². The number of likely N-dealkylation sites (N-methyl/N-ethyl adjacent to an activating group) is 1. The minimum Gasteiger partial charge on any atom is -0.459 e. The fourth-order valence-corrected chi connectivity index (χ4v) is 2.88. The number of ether oxygens (including phenoxy) is 2. The molecule has 2 aromatic carbocycles. The van der Waals surface area contributed by atoms with Gasteiger partial charge in [-0.1, -0.05) is 23.2 Å². The topological polar surface area (TPSA) is 128 Å². The summed E-state index contributed by atoms with van der Waals surface area (Å²) in [6.07, 6.45) is -0.911. The summed E-state index contributed by atoms with van der Waals surface area (Å²) >= 11 is 12.0. The van der Waals surface area contributed by atoms with Crippen molar-refractivity contribution in [3.8, 4) is 5.75 Å². The summed E-state index contributed by atoms with van der Waals surface area (Å²) in [5.41, 5.74) is -0.964. The number of hydrogen-bond acceptors (Lipinski definition) is 7. The van der Waals surface area contributed by atoms with Crippen LogP contribution in [0.1, 0.15) is 31.1 Å². The smallest absolute Gasteiger partial charge is 0.415 e. The van der Waals surface area contributed by atoms with E-state index in [9.17, 15) is 24.5 Å². The van der Waals surface area contributed by atoms with Gasteiger partial charge >= 0.3 is 12.1 Å². The minimum atomic E-state index is -0.911. The molecule has 10 nitrogen and oxygen atoms in total. The third-order valence-electron chi connectivity index (χ3n) is 3.89. The fraction of sp³-hybridized carbons (Fsp3) is 0.286. The molecule has 176 valence electrons. The Bertz CT molecular complexity index is 1100. The van der Waals surface area contributed by atoms with E-state index in [0.29, 0.717) is 0 Å². The van der Waals surface area contributed by atoms with Gasteiger partial charge in [0.15, 0.2) is 0 Å². The maximum absolute atomic E-state index is 12.8. The van der Waals surface area contributed by atoms with Crippen LogP contribution in [-0.2, 0) is 9.53 Å². The molecular weight excluding hydrogens is 477 g/mol. The summed E-state index contributed by atoms with van der Waals surface area (Å²) in [4.78, 5) is 48.4. The highest BCUT2D eigenvalue weighted by atomic mass is 35.5. The lowest BCUT2D eigenvalue weighted by molar-refractivity contribution is -0.384. The molecule has 2 aromatic rings. The Kier molecular flexibility index (Phi) is 8.23. The van der Waals surface area contributed by atoms with Crippen molar-refractivity contribution in [1.82, 2.24) is 4.90 Å². The average Bonchev–Trinajstić information content (AvgIpc) is 2.68. The Balaban J connectivity index is 2.18. The number of rotatable bonds is 6. The van der Waals surface area contributed by atoms with Crippen molar-refractivity contribution >= 4 is 52.5 Å². The number of amides is 2. The highest BCUT2D eigenvalue weighted by molar-refractivity contribution is 6.34. The van der Waals surface area contributed by atoms with Gasteiger partial charge in [0.2, 0.25) is 0 Å². The Hall–Kier alpha value is -3.37. The molecule has 0 heterocycles. The van der Waals surface area contributed by atoms with Crippen LogP contribution in [-0.4, -0.2) is 47.0 Å². The van der Waals surface area contributed by atoms with Crippen LogP contribution in [0.2, 0.25) is 10.0 Å². The molecular formula is C21H21Cl2N3O7. The highest BCUT2D eigenvalue weighted by Gasteiger charge is 2.23. The van der Waals surface area contributed by atoms with Crippen LogP contribution in [0, 0.1) is 10.1 Å². The molecule has 12 heteroatoms. The van der Waals surface area contributed by atoms with Crippen molar-refractivity contribution < 1.29 is 28.8 Å². The Labute approximate surface area is 199 Å². The van der Waals surface area contributed by atoms with E-state index >= 15 is 0 Å². The van der Waals surface area contributed by atoms with Gasteiger partial charge in [-0.15, -0.1) is 0 Å². The SMILES string of the molecule is CN(CC(=O)OC(C)(C)C)C(=O)Oc1ccc(Cl)cc1C(=O)Nc1ccc([N+](=O)[O-])cc1Cl. The molecule has 0 aliphatic heterocycles. The van der Waals surface area contributed by atoms with Crippen molar-refractivity contribution in [2.24, 2.45) is 0 Å². The molecule has 0 aliphatic rings. The molecule has 0 saturated carbocycles. The van der Waals surface area contributed by atoms with Crippen LogP contribution in [0.4, 0.5) is 16.2 Å². The van der Waals surface area contributed by atoms with Gasteiger partial charge in [0.05, 0.1) is 21.2 Å². The first-order valence-electron chi connectivity index (χ1n) is 9.46. The normalized spacial score (nSPS) is 10.8. The zero-order valence-electron chi connectivity index (χ0n) is 18.2. The van der Waals surface area contributed by atoms with E-state index in [1.54, 1.807) is 20.8 Å². The van der Waals surface area contributed by atoms with Gasteiger partial charge in [-0.25, -0.2) is 4.79 Å². The molecule has 0 aromatic heterocycles. The zero-order chi connectivity index (χ0) is 24.9. The maximum Gasteiger partial charge on any atom is 0.415 e. The standard InChI is InChI=1S/C21H21Cl2N3O7/c1-21(2,3)33-18(27)11-25(4)20(29)32-17-8-5-12(22)9-14(17)19(28)24-16-7-6-13(26(30)31)10-15(16)23/h5-10H,11H2,1-4H3,(H,24,28). The first-order chi connectivity index (χ1) is 15.3. The Morgan fingerprint density at radius 3 is 2.36 bits per heavy atom. The third-order valence-corrected chi connectivity index (χ3v) is 4.44. The predicted molar refractivity (Wildman–Crippen MR) is 122 cm³/mol. The average molecular weight is 498 g/mol. The monoisotopic (exact) mass is 497 g/mol. The van der Waals surface area contributed by atoms with E-state index in [-0.39, 0.29) is 39.3 Å². The van der Waals surface area contributed by atoms with Crippen molar-refractivity contribution in [2.45, 2.75) is 26.4 Å². The Morgan fingerprint density at radius 1 is 1.12 bits per heavy atom. The van der Waals surface area contributed by atoms with Crippen LogP contribution in [0.5, 0.6) is 5.75 Å². The molecule has 0 aliphatic carbocycles. The number of anilines is 1. The molecule has 2 rings (SSSR count). The second-order valence-corrected chi connectivity index (χ2v) is 8.67. The van der Waals surface area contributed by atoms with E-state index < -0.39 is 28.5 Å². The van der Waals surface area contributed by atoms with Crippen LogP contribution < -0.4 is 10.1 Å². The van der Waals surface area contributed by atoms with E-state index in [1.807, 2.05) is 0 Å². The highest BCUT2D eigenvalue weighted by Crippen LogP contribution is 2.29. The summed E-state index contributed by atoms with van der Waals surface area (Å²) in [5, 5.41) is 13.5. The molecule has 0 spiro atoms. The Morgan fingerprint density at radius 2 is 1.79 bits per heavy atom. The quantitative estimate of drug-likeness (QED) is 0.340. The maximum atomic E-state index is 12.8. The number of nitro groups is 1. The first kappa shape index (κ1) is 25.9. The summed E-state index contributed by atoms with van der Waals surface area (Å²) < 4.78 is 10.4. The summed E-state index contributed by atoms with van der Waals surface area (Å²) in [6.45, 7) is 4.71. The number of benzene rings is 2. The lowest BCUT2D eigenvalue weighted by Crippen LogP contribution is -2.37. The van der Waals surface area contributed by atoms with Crippen LogP contribution in [0.25, 0.3) is 0 Å². The molecule has 0 fully saturated rings.